The molecule has 1 aliphatic heterocycles. The van der Waals surface area contributed by atoms with Crippen molar-refractivity contribution in [2.75, 3.05) is 25.9 Å². The zero-order valence-corrected chi connectivity index (χ0v) is 15.8. The normalized spacial score (nSPS) is 17.4. The number of nitrogens with zero attached hydrogens (tertiary/aromatic N) is 2. The van der Waals surface area contributed by atoms with E-state index in [2.05, 4.69) is 16.9 Å². The number of para-hydroxylation sites is 1. The second kappa shape index (κ2) is 7.21. The van der Waals surface area contributed by atoms with Gasteiger partial charge in [-0.05, 0) is 50.6 Å². The fraction of sp³-hybridized carbons (Fsp3) is 0.381. The van der Waals surface area contributed by atoms with Gasteiger partial charge in [-0.3, -0.25) is 0 Å². The van der Waals surface area contributed by atoms with Crippen LogP contribution in [-0.2, 0) is 4.74 Å². The highest BCUT2D eigenvalue weighted by molar-refractivity contribution is 5.83. The first kappa shape index (κ1) is 17.8. The number of H-pyrrole nitrogens is 1. The molecule has 1 aromatic heterocycles. The maximum absolute atomic E-state index is 10.4. The number of aromatic hydroxyl groups is 1. The Morgan fingerprint density at radius 3 is 2.70 bits per heavy atom. The van der Waals surface area contributed by atoms with Gasteiger partial charge < -0.3 is 25.5 Å². The molecule has 0 spiro atoms. The molecule has 6 heteroatoms. The summed E-state index contributed by atoms with van der Waals surface area (Å²) < 4.78 is 6.48. The van der Waals surface area contributed by atoms with E-state index >= 15 is 0 Å². The van der Waals surface area contributed by atoms with Crippen molar-refractivity contribution in [3.05, 3.63) is 53.3 Å². The third-order valence-corrected chi connectivity index (χ3v) is 5.44. The molecular formula is C21H26N4O2. The van der Waals surface area contributed by atoms with Crippen molar-refractivity contribution in [2.45, 2.75) is 32.0 Å². The number of rotatable bonds is 4. The van der Waals surface area contributed by atoms with Crippen molar-refractivity contribution in [3.63, 3.8) is 0 Å². The number of aryl methyl sites for hydroxylation is 1. The summed E-state index contributed by atoms with van der Waals surface area (Å²) in [7, 11) is 2.13. The zero-order chi connectivity index (χ0) is 19.0. The lowest BCUT2D eigenvalue weighted by molar-refractivity contribution is -0.0271. The summed E-state index contributed by atoms with van der Waals surface area (Å²) in [5.41, 5.74) is 10.2. The molecule has 3 aromatic rings. The topological polar surface area (TPSA) is 87.4 Å². The number of aromatic nitrogens is 2. The molecule has 4 N–H and O–H groups in total. The Bertz CT molecular complexity index is 945. The van der Waals surface area contributed by atoms with Gasteiger partial charge in [0.15, 0.2) is 0 Å². The van der Waals surface area contributed by atoms with E-state index in [0.717, 1.165) is 53.8 Å². The van der Waals surface area contributed by atoms with E-state index < -0.39 is 6.10 Å². The minimum Gasteiger partial charge on any atom is -0.508 e. The van der Waals surface area contributed by atoms with Crippen LogP contribution < -0.4 is 5.73 Å². The van der Waals surface area contributed by atoms with Crippen molar-refractivity contribution in [3.8, 4) is 5.75 Å². The predicted octanol–water partition coefficient (Wildman–Crippen LogP) is 3.36. The third-order valence-electron chi connectivity index (χ3n) is 5.44. The van der Waals surface area contributed by atoms with Crippen LogP contribution in [0.15, 0.2) is 36.4 Å². The van der Waals surface area contributed by atoms with E-state index in [4.69, 9.17) is 15.5 Å². The molecule has 6 nitrogen and oxygen atoms in total. The molecule has 0 saturated carbocycles. The molecule has 1 atom stereocenters. The molecule has 0 amide bonds. The van der Waals surface area contributed by atoms with Crippen LogP contribution in [0.25, 0.3) is 11.0 Å². The summed E-state index contributed by atoms with van der Waals surface area (Å²) in [6.07, 6.45) is 1.61. The number of phenolic OH excluding ortho intramolecular Hbond substituents is 1. The van der Waals surface area contributed by atoms with E-state index in [1.54, 1.807) is 6.07 Å². The number of nitrogen functional groups attached to an aromatic ring is 1. The average Bonchev–Trinajstić information content (AvgIpc) is 3.10. The molecule has 1 saturated heterocycles. The Labute approximate surface area is 159 Å². The maximum atomic E-state index is 10.4. The van der Waals surface area contributed by atoms with E-state index in [1.165, 1.54) is 0 Å². The number of nitrogens with one attached hydrogen (secondary N) is 1. The number of anilines is 1. The first-order valence-electron chi connectivity index (χ1n) is 9.39. The summed E-state index contributed by atoms with van der Waals surface area (Å²) >= 11 is 0. The number of imidazole rings is 1. The highest BCUT2D eigenvalue weighted by Gasteiger charge is 2.27. The summed E-state index contributed by atoms with van der Waals surface area (Å²) in [5.74, 6) is 0.909. The number of piperidine rings is 1. The van der Waals surface area contributed by atoms with Crippen LogP contribution in [0.4, 0.5) is 5.69 Å². The first-order chi connectivity index (χ1) is 13.0. The Hall–Kier alpha value is -2.57. The van der Waals surface area contributed by atoms with Gasteiger partial charge in [0.25, 0.3) is 0 Å². The van der Waals surface area contributed by atoms with Gasteiger partial charge in [-0.1, -0.05) is 18.2 Å². The smallest absolute Gasteiger partial charge is 0.144 e. The molecule has 1 unspecified atom stereocenters. The van der Waals surface area contributed by atoms with Crippen LogP contribution in [0.1, 0.15) is 35.9 Å². The minimum absolute atomic E-state index is 0.130. The van der Waals surface area contributed by atoms with Crippen molar-refractivity contribution in [2.24, 2.45) is 0 Å². The lowest BCUT2D eigenvalue weighted by Crippen LogP contribution is -2.35. The molecule has 0 bridgehead atoms. The zero-order valence-electron chi connectivity index (χ0n) is 15.8. The van der Waals surface area contributed by atoms with Crippen molar-refractivity contribution < 1.29 is 9.84 Å². The summed E-state index contributed by atoms with van der Waals surface area (Å²) in [4.78, 5) is 10.5. The van der Waals surface area contributed by atoms with Crippen molar-refractivity contribution in [1.29, 1.82) is 0 Å². The van der Waals surface area contributed by atoms with Gasteiger partial charge in [0.2, 0.25) is 0 Å². The number of hydrogen-bond donors (Lipinski definition) is 3. The fourth-order valence-electron chi connectivity index (χ4n) is 3.68. The molecular weight excluding hydrogens is 340 g/mol. The van der Waals surface area contributed by atoms with E-state index in [-0.39, 0.29) is 11.9 Å². The number of phenols is 1. The van der Waals surface area contributed by atoms with Gasteiger partial charge in [-0.2, -0.15) is 0 Å². The number of benzene rings is 2. The Morgan fingerprint density at radius 1 is 1.22 bits per heavy atom. The molecule has 4 rings (SSSR count). The van der Waals surface area contributed by atoms with Gasteiger partial charge in [-0.25, -0.2) is 4.98 Å². The van der Waals surface area contributed by atoms with Crippen LogP contribution in [-0.4, -0.2) is 46.2 Å². The number of nitrogens with two attached hydrogens (primary N) is 1. The second-order valence-electron chi connectivity index (χ2n) is 7.37. The molecule has 2 heterocycles. The number of aromatic amines is 1. The fourth-order valence-corrected chi connectivity index (χ4v) is 3.68. The molecule has 2 aromatic carbocycles. The maximum Gasteiger partial charge on any atom is 0.144 e. The van der Waals surface area contributed by atoms with Crippen LogP contribution >= 0.6 is 0 Å². The third kappa shape index (κ3) is 3.50. The van der Waals surface area contributed by atoms with Gasteiger partial charge in [-0.15, -0.1) is 0 Å². The molecule has 142 valence electrons. The monoisotopic (exact) mass is 366 g/mol. The SMILES string of the molecule is Cc1c(N)ccc2nc(C(OC3CCN(C)CC3)c3ccccc3O)[nH]c12. The Balaban J connectivity index is 1.73. The lowest BCUT2D eigenvalue weighted by atomic mass is 10.0. The van der Waals surface area contributed by atoms with Crippen LogP contribution in [0, 0.1) is 6.92 Å². The van der Waals surface area contributed by atoms with Gasteiger partial charge in [0, 0.05) is 24.3 Å². The first-order valence-corrected chi connectivity index (χ1v) is 9.39. The quantitative estimate of drug-likeness (QED) is 0.616. The van der Waals surface area contributed by atoms with Crippen LogP contribution in [0.3, 0.4) is 0 Å². The van der Waals surface area contributed by atoms with E-state index in [9.17, 15) is 5.11 Å². The van der Waals surface area contributed by atoms with E-state index in [1.807, 2.05) is 37.3 Å². The highest BCUT2D eigenvalue weighted by atomic mass is 16.5. The molecule has 1 fully saturated rings. The van der Waals surface area contributed by atoms with Crippen LogP contribution in [0.5, 0.6) is 5.75 Å². The number of likely N-dealkylation sites (tertiary alicyclic amines) is 1. The largest absolute Gasteiger partial charge is 0.508 e. The highest BCUT2D eigenvalue weighted by Crippen LogP contribution is 2.35. The second-order valence-corrected chi connectivity index (χ2v) is 7.37. The Morgan fingerprint density at radius 2 is 1.96 bits per heavy atom. The van der Waals surface area contributed by atoms with Crippen LogP contribution in [0.2, 0.25) is 0 Å². The molecule has 27 heavy (non-hydrogen) atoms. The van der Waals surface area contributed by atoms with Crippen molar-refractivity contribution in [1.82, 2.24) is 14.9 Å². The number of ether oxygens (including phenoxy) is 1. The standard InChI is InChI=1S/C21H26N4O2/c1-13-16(22)7-8-17-19(13)24-21(23-17)20(15-5-3-4-6-18(15)26)27-14-9-11-25(2)12-10-14/h3-8,14,20,26H,9-12,22H2,1-2H3,(H,23,24). The predicted molar refractivity (Wildman–Crippen MR) is 107 cm³/mol. The van der Waals surface area contributed by atoms with Gasteiger partial charge in [0.1, 0.15) is 17.7 Å². The number of hydrogen-bond acceptors (Lipinski definition) is 5. The molecule has 0 radical (unpaired) electrons. The summed E-state index contributed by atoms with van der Waals surface area (Å²) in [6, 6.07) is 11.1. The van der Waals surface area contributed by atoms with Gasteiger partial charge in [0.05, 0.1) is 17.1 Å². The summed E-state index contributed by atoms with van der Waals surface area (Å²) in [5, 5.41) is 10.4. The average molecular weight is 366 g/mol. The van der Waals surface area contributed by atoms with Gasteiger partial charge >= 0.3 is 0 Å². The van der Waals surface area contributed by atoms with E-state index in [0.29, 0.717) is 5.82 Å². The molecule has 0 aliphatic carbocycles. The number of fused-ring (bicyclic) bond motifs is 1. The van der Waals surface area contributed by atoms with Crippen molar-refractivity contribution >= 4 is 16.7 Å². The minimum atomic E-state index is -0.451. The lowest BCUT2D eigenvalue weighted by Gasteiger charge is -2.31. The molecule has 1 aliphatic rings. The summed E-state index contributed by atoms with van der Waals surface area (Å²) in [6.45, 7) is 3.99. The Kier molecular flexibility index (Phi) is 4.76.